The van der Waals surface area contributed by atoms with Crippen molar-refractivity contribution in [1.29, 1.82) is 0 Å². The van der Waals surface area contributed by atoms with Crippen molar-refractivity contribution in [3.8, 4) is 0 Å². The van der Waals surface area contributed by atoms with E-state index in [1.165, 1.54) is 5.56 Å². The lowest BCUT2D eigenvalue weighted by molar-refractivity contribution is 0.503. The molecule has 0 amide bonds. The van der Waals surface area contributed by atoms with Crippen LogP contribution < -0.4 is 10.2 Å². The second-order valence-electron chi connectivity index (χ2n) is 6.01. The highest BCUT2D eigenvalue weighted by Gasteiger charge is 2.23. The summed E-state index contributed by atoms with van der Waals surface area (Å²) >= 11 is 0. The van der Waals surface area contributed by atoms with E-state index in [4.69, 9.17) is 0 Å². The third-order valence-corrected chi connectivity index (χ3v) is 4.32. The molecule has 1 aliphatic rings. The molecule has 3 aromatic heterocycles. The number of nitrogens with one attached hydrogen (secondary N) is 1. The Bertz CT molecular complexity index is 810. The molecule has 0 unspecified atom stereocenters. The van der Waals surface area contributed by atoms with Gasteiger partial charge in [-0.15, -0.1) is 0 Å². The molecule has 0 saturated carbocycles. The molecule has 1 atom stereocenters. The van der Waals surface area contributed by atoms with Crippen LogP contribution in [-0.2, 0) is 0 Å². The maximum absolute atomic E-state index is 4.38. The first kappa shape index (κ1) is 15.4. The second-order valence-corrected chi connectivity index (χ2v) is 6.01. The van der Waals surface area contributed by atoms with Crippen molar-refractivity contribution in [3.63, 3.8) is 0 Å². The lowest BCUT2D eigenvalue weighted by Crippen LogP contribution is -2.35. The zero-order chi connectivity index (χ0) is 16.9. The summed E-state index contributed by atoms with van der Waals surface area (Å²) in [5, 5.41) is 3.15. The fraction of sp³-hybridized carbons (Fsp3) is 0.278. The van der Waals surface area contributed by atoms with Crippen LogP contribution >= 0.6 is 0 Å². The van der Waals surface area contributed by atoms with Crippen LogP contribution in [0.2, 0.25) is 0 Å². The van der Waals surface area contributed by atoms with Crippen molar-refractivity contribution >= 4 is 17.7 Å². The molecule has 0 spiro atoms. The maximum Gasteiger partial charge on any atom is 0.228 e. The zero-order valence-corrected chi connectivity index (χ0v) is 13.8. The van der Waals surface area contributed by atoms with Gasteiger partial charge in [-0.25, -0.2) is 24.9 Å². The molecule has 0 aromatic carbocycles. The Balaban J connectivity index is 1.50. The second kappa shape index (κ2) is 7.21. The molecule has 126 valence electrons. The van der Waals surface area contributed by atoms with Gasteiger partial charge in [0.25, 0.3) is 0 Å². The highest BCUT2D eigenvalue weighted by Crippen LogP contribution is 2.29. The molecule has 0 bridgehead atoms. The predicted octanol–water partition coefficient (Wildman–Crippen LogP) is 2.79. The van der Waals surface area contributed by atoms with Crippen LogP contribution in [0, 0.1) is 0 Å². The van der Waals surface area contributed by atoms with Crippen LogP contribution in [0.5, 0.6) is 0 Å². The van der Waals surface area contributed by atoms with Gasteiger partial charge in [0.2, 0.25) is 11.9 Å². The van der Waals surface area contributed by atoms with Crippen molar-refractivity contribution in [2.75, 3.05) is 23.3 Å². The lowest BCUT2D eigenvalue weighted by atomic mass is 9.91. The van der Waals surface area contributed by atoms with Gasteiger partial charge in [-0.2, -0.15) is 0 Å². The Labute approximate surface area is 146 Å². The molecular weight excluding hydrogens is 314 g/mol. The summed E-state index contributed by atoms with van der Waals surface area (Å²) < 4.78 is 0. The Morgan fingerprint density at radius 2 is 1.68 bits per heavy atom. The van der Waals surface area contributed by atoms with E-state index in [9.17, 15) is 0 Å². The van der Waals surface area contributed by atoms with Gasteiger partial charge < -0.3 is 10.2 Å². The van der Waals surface area contributed by atoms with E-state index < -0.39 is 0 Å². The SMILES string of the molecule is c1cnc(Nc2cc([C@@H]3CCCN(c4ncccn4)C3)ccn2)nc1. The van der Waals surface area contributed by atoms with Gasteiger partial charge in [-0.3, -0.25) is 0 Å². The Kier molecular flexibility index (Phi) is 4.45. The minimum atomic E-state index is 0.429. The van der Waals surface area contributed by atoms with E-state index in [0.29, 0.717) is 11.9 Å². The first-order valence-corrected chi connectivity index (χ1v) is 8.40. The minimum Gasteiger partial charge on any atom is -0.340 e. The Morgan fingerprint density at radius 1 is 0.920 bits per heavy atom. The van der Waals surface area contributed by atoms with Crippen LogP contribution in [0.25, 0.3) is 0 Å². The monoisotopic (exact) mass is 333 g/mol. The number of piperidine rings is 1. The molecule has 1 N–H and O–H groups in total. The van der Waals surface area contributed by atoms with Crippen molar-refractivity contribution in [2.24, 2.45) is 0 Å². The zero-order valence-electron chi connectivity index (χ0n) is 13.8. The number of aromatic nitrogens is 5. The molecular formula is C18H19N7. The van der Waals surface area contributed by atoms with E-state index in [-0.39, 0.29) is 0 Å². The summed E-state index contributed by atoms with van der Waals surface area (Å²) in [6, 6.07) is 7.79. The Morgan fingerprint density at radius 3 is 2.48 bits per heavy atom. The molecule has 0 aliphatic carbocycles. The largest absolute Gasteiger partial charge is 0.340 e. The fourth-order valence-corrected chi connectivity index (χ4v) is 3.13. The van der Waals surface area contributed by atoms with Crippen molar-refractivity contribution < 1.29 is 0 Å². The highest BCUT2D eigenvalue weighted by molar-refractivity contribution is 5.49. The average Bonchev–Trinajstić information content (AvgIpc) is 2.70. The molecule has 4 heterocycles. The quantitative estimate of drug-likeness (QED) is 0.786. The molecule has 1 aliphatic heterocycles. The van der Waals surface area contributed by atoms with E-state index in [1.807, 2.05) is 12.3 Å². The number of anilines is 3. The van der Waals surface area contributed by atoms with Gasteiger partial charge in [0, 0.05) is 50.0 Å². The van der Waals surface area contributed by atoms with E-state index in [0.717, 1.165) is 37.7 Å². The molecule has 7 heteroatoms. The summed E-state index contributed by atoms with van der Waals surface area (Å²) in [6.45, 7) is 1.91. The van der Waals surface area contributed by atoms with Gasteiger partial charge in [0.05, 0.1) is 0 Å². The average molecular weight is 333 g/mol. The summed E-state index contributed by atoms with van der Waals surface area (Å²) in [7, 11) is 0. The van der Waals surface area contributed by atoms with E-state index in [2.05, 4.69) is 47.3 Å². The van der Waals surface area contributed by atoms with Gasteiger partial charge in [-0.05, 0) is 42.7 Å². The van der Waals surface area contributed by atoms with Crippen LogP contribution in [0.4, 0.5) is 17.7 Å². The van der Waals surface area contributed by atoms with E-state index >= 15 is 0 Å². The molecule has 7 nitrogen and oxygen atoms in total. The number of hydrogen-bond acceptors (Lipinski definition) is 7. The van der Waals surface area contributed by atoms with Crippen LogP contribution in [0.15, 0.2) is 55.2 Å². The summed E-state index contributed by atoms with van der Waals surface area (Å²) in [6.07, 6.45) is 11.1. The van der Waals surface area contributed by atoms with Gasteiger partial charge in [-0.1, -0.05) is 0 Å². The number of pyridine rings is 1. The van der Waals surface area contributed by atoms with Crippen LogP contribution in [0.1, 0.15) is 24.3 Å². The minimum absolute atomic E-state index is 0.429. The number of nitrogens with zero attached hydrogens (tertiary/aromatic N) is 6. The molecule has 0 radical (unpaired) electrons. The first-order chi connectivity index (χ1) is 12.4. The van der Waals surface area contributed by atoms with Crippen LogP contribution in [0.3, 0.4) is 0 Å². The lowest BCUT2D eigenvalue weighted by Gasteiger charge is -2.33. The third-order valence-electron chi connectivity index (χ3n) is 4.32. The van der Waals surface area contributed by atoms with Crippen molar-refractivity contribution in [2.45, 2.75) is 18.8 Å². The van der Waals surface area contributed by atoms with Gasteiger partial charge in [0.15, 0.2) is 0 Å². The highest BCUT2D eigenvalue weighted by atomic mass is 15.2. The molecule has 1 saturated heterocycles. The van der Waals surface area contributed by atoms with Gasteiger partial charge >= 0.3 is 0 Å². The normalized spacial score (nSPS) is 17.3. The summed E-state index contributed by atoms with van der Waals surface area (Å²) in [5.41, 5.74) is 1.26. The Hall–Kier alpha value is -3.09. The fourth-order valence-electron chi connectivity index (χ4n) is 3.13. The van der Waals surface area contributed by atoms with Crippen LogP contribution in [-0.4, -0.2) is 38.0 Å². The number of hydrogen-bond donors (Lipinski definition) is 1. The molecule has 4 rings (SSSR count). The first-order valence-electron chi connectivity index (χ1n) is 8.40. The van der Waals surface area contributed by atoms with Gasteiger partial charge in [0.1, 0.15) is 5.82 Å². The topological polar surface area (TPSA) is 79.7 Å². The molecule has 3 aromatic rings. The van der Waals surface area contributed by atoms with Crippen molar-refractivity contribution in [3.05, 3.63) is 60.8 Å². The molecule has 25 heavy (non-hydrogen) atoms. The maximum atomic E-state index is 4.38. The predicted molar refractivity (Wildman–Crippen MR) is 95.8 cm³/mol. The smallest absolute Gasteiger partial charge is 0.228 e. The van der Waals surface area contributed by atoms with E-state index in [1.54, 1.807) is 30.9 Å². The third kappa shape index (κ3) is 3.71. The number of rotatable bonds is 4. The summed E-state index contributed by atoms with van der Waals surface area (Å²) in [4.78, 5) is 23.7. The molecule has 1 fully saturated rings. The van der Waals surface area contributed by atoms with Crippen molar-refractivity contribution in [1.82, 2.24) is 24.9 Å². The summed E-state index contributed by atoms with van der Waals surface area (Å²) in [5.74, 6) is 2.54. The standard InChI is InChI=1S/C18H19N7/c1-4-15(13-25(11-1)18-22-8-3-9-23-18)14-5-10-19-16(12-14)24-17-20-6-2-7-21-17/h2-3,5-10,12,15H,1,4,11,13H2,(H,19,20,21,24)/t15-/m1/s1.